The van der Waals surface area contributed by atoms with Crippen molar-refractivity contribution in [3.05, 3.63) is 0 Å². The Bertz CT molecular complexity index is 114. The Morgan fingerprint density at radius 1 is 2.00 bits per heavy atom. The minimum atomic E-state index is -1.83. The summed E-state index contributed by atoms with van der Waals surface area (Å²) in [7, 11) is -0.243. The molecule has 1 unspecified atom stereocenters. The molecule has 0 aliphatic rings. The molecule has 0 bridgehead atoms. The third-order valence-electron chi connectivity index (χ3n) is 0.524. The Kier molecular flexibility index (Phi) is 2.07. The van der Waals surface area contributed by atoms with Crippen LogP contribution in [0, 0.1) is 0 Å². The average Bonchev–Trinajstić information content (AvgIpc) is 1.35. The first kappa shape index (κ1) is 6.43. The van der Waals surface area contributed by atoms with Crippen LogP contribution < -0.4 is 0 Å². The van der Waals surface area contributed by atoms with Gasteiger partial charge in [-0.15, -0.1) is 0 Å². The van der Waals surface area contributed by atoms with E-state index in [9.17, 15) is 4.21 Å². The minimum absolute atomic E-state index is 0.613. The van der Waals surface area contributed by atoms with E-state index in [0.29, 0.717) is 5.75 Å². The van der Waals surface area contributed by atoms with Gasteiger partial charge in [-0.05, 0) is 19.5 Å². The summed E-state index contributed by atoms with van der Waals surface area (Å²) in [6.45, 7) is 1.83. The highest BCUT2D eigenvalue weighted by Gasteiger charge is 1.86. The molecule has 0 aromatic heterocycles. The molecule has 0 fully saturated rings. The standard InChI is InChI=1S/C2H7BOS2/c1-2-6(3,4)5/h2-3H2,1H3. The molecule has 0 rings (SSSR count). The van der Waals surface area contributed by atoms with Crippen LogP contribution in [-0.4, -0.2) is 17.1 Å². The molecular formula is C2H7BOS2. The topological polar surface area (TPSA) is 17.1 Å². The summed E-state index contributed by atoms with van der Waals surface area (Å²) >= 11 is 4.51. The van der Waals surface area contributed by atoms with Gasteiger partial charge in [-0.2, -0.15) is 0 Å². The second kappa shape index (κ2) is 1.93. The number of hydrogen-bond donors (Lipinski definition) is 0. The van der Waals surface area contributed by atoms with Crippen molar-refractivity contribution in [1.29, 1.82) is 0 Å². The normalized spacial score (nSPS) is 19.5. The zero-order chi connectivity index (χ0) is 5.21. The second-order valence-electron chi connectivity index (χ2n) is 1.21. The van der Waals surface area contributed by atoms with E-state index < -0.39 is 8.34 Å². The maximum Gasteiger partial charge on any atom is 0.221 e. The molecule has 36 valence electrons. The lowest BCUT2D eigenvalue weighted by Gasteiger charge is -1.85. The quantitative estimate of drug-likeness (QED) is 0.428. The zero-order valence-electron chi connectivity index (χ0n) is 3.93. The van der Waals surface area contributed by atoms with Gasteiger partial charge in [0.1, 0.15) is 0 Å². The molecule has 0 aliphatic carbocycles. The van der Waals surface area contributed by atoms with Crippen LogP contribution >= 0.6 is 0 Å². The molecule has 0 saturated carbocycles. The maximum atomic E-state index is 10.4. The number of hydrogen-bond acceptors (Lipinski definition) is 2. The first-order valence-electron chi connectivity index (χ1n) is 1.74. The predicted octanol–water partition coefficient (Wildman–Crippen LogP) is -0.699. The largest absolute Gasteiger partial charge is 0.269 e. The third kappa shape index (κ3) is 4.43. The van der Waals surface area contributed by atoms with Gasteiger partial charge in [0.05, 0.1) is 0 Å². The molecule has 0 amide bonds. The van der Waals surface area contributed by atoms with Crippen molar-refractivity contribution in [3.8, 4) is 0 Å². The first-order chi connectivity index (χ1) is 2.56. The average molecular weight is 122 g/mol. The highest BCUT2D eigenvalue weighted by molar-refractivity contribution is 8.45. The van der Waals surface area contributed by atoms with Crippen molar-refractivity contribution in [2.24, 2.45) is 0 Å². The van der Waals surface area contributed by atoms with E-state index in [1.54, 1.807) is 7.12 Å². The molecule has 0 spiro atoms. The van der Waals surface area contributed by atoms with Gasteiger partial charge in [0, 0.05) is 5.75 Å². The van der Waals surface area contributed by atoms with Crippen LogP contribution in [0.3, 0.4) is 0 Å². The smallest absolute Gasteiger partial charge is 0.221 e. The molecule has 0 aromatic rings. The van der Waals surface area contributed by atoms with Crippen LogP contribution in [-0.2, 0) is 19.5 Å². The number of rotatable bonds is 1. The molecule has 0 aromatic carbocycles. The Hall–Kier alpha value is 0.435. The van der Waals surface area contributed by atoms with Crippen LogP contribution in [0.4, 0.5) is 0 Å². The van der Waals surface area contributed by atoms with Gasteiger partial charge < -0.3 is 0 Å². The maximum absolute atomic E-state index is 10.4. The SMILES string of the molecule is BS(=O)(=S)CC. The molecule has 0 heterocycles. The van der Waals surface area contributed by atoms with Gasteiger partial charge in [0.15, 0.2) is 0 Å². The van der Waals surface area contributed by atoms with Crippen LogP contribution in [0.2, 0.25) is 0 Å². The van der Waals surface area contributed by atoms with Gasteiger partial charge >= 0.3 is 0 Å². The van der Waals surface area contributed by atoms with Crippen LogP contribution in [0.5, 0.6) is 0 Å². The Labute approximate surface area is 44.1 Å². The van der Waals surface area contributed by atoms with E-state index in [-0.39, 0.29) is 0 Å². The zero-order valence-corrected chi connectivity index (χ0v) is 5.56. The van der Waals surface area contributed by atoms with E-state index in [1.165, 1.54) is 0 Å². The highest BCUT2D eigenvalue weighted by Crippen LogP contribution is 1.75. The monoisotopic (exact) mass is 122 g/mol. The first-order valence-corrected chi connectivity index (χ1v) is 4.80. The fourth-order valence-electron chi connectivity index (χ4n) is 0. The van der Waals surface area contributed by atoms with Crippen molar-refractivity contribution in [2.75, 3.05) is 5.75 Å². The lowest BCUT2D eigenvalue weighted by atomic mass is 10.8. The van der Waals surface area contributed by atoms with Gasteiger partial charge in [0.2, 0.25) is 7.12 Å². The van der Waals surface area contributed by atoms with Crippen molar-refractivity contribution in [3.63, 3.8) is 0 Å². The molecule has 0 radical (unpaired) electrons. The van der Waals surface area contributed by atoms with Crippen molar-refractivity contribution in [1.82, 2.24) is 0 Å². The van der Waals surface area contributed by atoms with Crippen molar-refractivity contribution < 1.29 is 4.21 Å². The predicted molar refractivity (Wildman–Crippen MR) is 34.6 cm³/mol. The Balaban J connectivity index is 3.85. The summed E-state index contributed by atoms with van der Waals surface area (Å²) in [5, 5.41) is 0. The molecule has 0 saturated heterocycles. The second-order valence-corrected chi connectivity index (χ2v) is 5.76. The van der Waals surface area contributed by atoms with E-state index in [2.05, 4.69) is 11.2 Å². The van der Waals surface area contributed by atoms with E-state index in [4.69, 9.17) is 0 Å². The van der Waals surface area contributed by atoms with Crippen molar-refractivity contribution in [2.45, 2.75) is 6.92 Å². The van der Waals surface area contributed by atoms with Crippen LogP contribution in [0.15, 0.2) is 0 Å². The lowest BCUT2D eigenvalue weighted by Crippen LogP contribution is -1.97. The fraction of sp³-hybridized carbons (Fsp3) is 1.00. The minimum Gasteiger partial charge on any atom is -0.269 e. The highest BCUT2D eigenvalue weighted by atomic mass is 32.8. The van der Waals surface area contributed by atoms with Crippen LogP contribution in [0.25, 0.3) is 0 Å². The third-order valence-corrected chi connectivity index (χ3v) is 2.28. The van der Waals surface area contributed by atoms with E-state index >= 15 is 0 Å². The van der Waals surface area contributed by atoms with Gasteiger partial charge in [-0.25, -0.2) is 0 Å². The summed E-state index contributed by atoms with van der Waals surface area (Å²) in [6, 6.07) is 0. The van der Waals surface area contributed by atoms with Gasteiger partial charge in [-0.3, -0.25) is 4.21 Å². The Morgan fingerprint density at radius 2 is 2.17 bits per heavy atom. The summed E-state index contributed by atoms with van der Waals surface area (Å²) in [6.07, 6.45) is 0. The summed E-state index contributed by atoms with van der Waals surface area (Å²) in [4.78, 5) is 0. The fourth-order valence-corrected chi connectivity index (χ4v) is 0. The van der Waals surface area contributed by atoms with E-state index in [1.807, 2.05) is 6.92 Å². The molecule has 0 aliphatic heterocycles. The lowest BCUT2D eigenvalue weighted by molar-refractivity contribution is 0.690. The summed E-state index contributed by atoms with van der Waals surface area (Å²) < 4.78 is 10.4. The molecule has 1 nitrogen and oxygen atoms in total. The molecule has 1 atom stereocenters. The molecule has 0 N–H and O–H groups in total. The Morgan fingerprint density at radius 3 is 2.17 bits per heavy atom. The molecule has 6 heavy (non-hydrogen) atoms. The van der Waals surface area contributed by atoms with Gasteiger partial charge in [-0.1, -0.05) is 6.92 Å². The summed E-state index contributed by atoms with van der Waals surface area (Å²) in [5.74, 6) is 0.613. The molecule has 4 heteroatoms. The van der Waals surface area contributed by atoms with Gasteiger partial charge in [0.25, 0.3) is 0 Å². The van der Waals surface area contributed by atoms with E-state index in [0.717, 1.165) is 0 Å². The molecular weight excluding hydrogens is 115 g/mol. The van der Waals surface area contributed by atoms with Crippen molar-refractivity contribution >= 4 is 26.7 Å². The van der Waals surface area contributed by atoms with Crippen LogP contribution in [0.1, 0.15) is 6.92 Å². The summed E-state index contributed by atoms with van der Waals surface area (Å²) in [5.41, 5.74) is 0.